The number of morpholine rings is 1. The second kappa shape index (κ2) is 9.64. The van der Waals surface area contributed by atoms with Crippen LogP contribution in [0.1, 0.15) is 16.8 Å². The number of hydrogen-bond donors (Lipinski definition) is 2. The first-order valence-corrected chi connectivity index (χ1v) is 10.4. The number of amides is 1. The van der Waals surface area contributed by atoms with Gasteiger partial charge in [-0.3, -0.25) is 9.69 Å². The van der Waals surface area contributed by atoms with Crippen LogP contribution in [0.3, 0.4) is 0 Å². The molecule has 7 nitrogen and oxygen atoms in total. The second-order valence-corrected chi connectivity index (χ2v) is 7.76. The Morgan fingerprint density at radius 2 is 1.97 bits per heavy atom. The molecule has 0 aromatic heterocycles. The molecule has 1 saturated heterocycles. The number of ether oxygens (including phenoxy) is 3. The number of carbonyl (C=O) groups excluding carboxylic acids is 1. The summed E-state index contributed by atoms with van der Waals surface area (Å²) in [5.41, 5.74) is 0.426. The Labute approximate surface area is 180 Å². The topological polar surface area (TPSA) is 80.3 Å². The van der Waals surface area contributed by atoms with Crippen molar-refractivity contribution in [2.75, 3.05) is 33.4 Å². The monoisotopic (exact) mass is 430 g/mol. The van der Waals surface area contributed by atoms with Gasteiger partial charge in [-0.2, -0.15) is 0 Å². The predicted molar refractivity (Wildman–Crippen MR) is 112 cm³/mol. The molecule has 2 aromatic carbocycles. The van der Waals surface area contributed by atoms with E-state index in [1.54, 1.807) is 36.4 Å². The third-order valence-corrected chi connectivity index (χ3v) is 5.85. The van der Waals surface area contributed by atoms with E-state index in [2.05, 4.69) is 10.2 Å². The van der Waals surface area contributed by atoms with Gasteiger partial charge in [0.25, 0.3) is 5.91 Å². The normalized spacial score (nSPS) is 26.4. The number of halogens is 1. The lowest BCUT2D eigenvalue weighted by Gasteiger charge is -2.37. The number of benzene rings is 2. The quantitative estimate of drug-likeness (QED) is 0.728. The van der Waals surface area contributed by atoms with Gasteiger partial charge in [0.15, 0.2) is 0 Å². The first-order valence-electron chi connectivity index (χ1n) is 10.4. The van der Waals surface area contributed by atoms with Crippen molar-refractivity contribution in [1.82, 2.24) is 10.2 Å². The van der Waals surface area contributed by atoms with Gasteiger partial charge >= 0.3 is 0 Å². The zero-order valence-electron chi connectivity index (χ0n) is 17.4. The number of aliphatic hydroxyl groups excluding tert-OH is 1. The number of rotatable bonds is 6. The van der Waals surface area contributed by atoms with Crippen molar-refractivity contribution in [3.8, 4) is 11.5 Å². The third-order valence-electron chi connectivity index (χ3n) is 5.85. The summed E-state index contributed by atoms with van der Waals surface area (Å²) in [6.07, 6.45) is -1.05. The average Bonchev–Trinajstić information content (AvgIpc) is 3.08. The van der Waals surface area contributed by atoms with Gasteiger partial charge in [0.2, 0.25) is 0 Å². The van der Waals surface area contributed by atoms with Crippen LogP contribution >= 0.6 is 0 Å². The molecular weight excluding hydrogens is 403 g/mol. The average molecular weight is 430 g/mol. The summed E-state index contributed by atoms with van der Waals surface area (Å²) in [5, 5.41) is 14.2. The largest absolute Gasteiger partial charge is 0.496 e. The molecule has 1 saturated carbocycles. The van der Waals surface area contributed by atoms with Gasteiger partial charge in [-0.15, -0.1) is 0 Å². The zero-order chi connectivity index (χ0) is 21.8. The Balaban J connectivity index is 1.55. The van der Waals surface area contributed by atoms with E-state index in [-0.39, 0.29) is 18.0 Å². The van der Waals surface area contributed by atoms with Crippen molar-refractivity contribution in [3.05, 3.63) is 59.9 Å². The summed E-state index contributed by atoms with van der Waals surface area (Å²) in [5.74, 6) is 0.144. The molecule has 8 heteroatoms. The summed E-state index contributed by atoms with van der Waals surface area (Å²) in [4.78, 5) is 15.1. The minimum atomic E-state index is -0.857. The van der Waals surface area contributed by atoms with Crippen molar-refractivity contribution in [2.45, 2.75) is 30.7 Å². The number of hydrogen-bond acceptors (Lipinski definition) is 6. The number of aliphatic hydroxyl groups is 1. The lowest BCUT2D eigenvalue weighted by Crippen LogP contribution is -2.56. The van der Waals surface area contributed by atoms with E-state index < -0.39 is 18.0 Å². The van der Waals surface area contributed by atoms with Crippen LogP contribution in [0.4, 0.5) is 4.39 Å². The molecule has 166 valence electrons. The lowest BCUT2D eigenvalue weighted by molar-refractivity contribution is -0.0350. The standard InChI is InChI=1S/C23H27FN2O5/c1-29-19-8-3-2-7-17(19)23(28)25-18-14-20(31-16-6-4-5-15(24)13-16)22(27)21(18)26-9-11-30-12-10-26/h2-8,13,18,20-22,27H,9-12,14H2,1H3,(H,25,28)/t18-,20-,21+,22+/m1/s1. The molecule has 2 fully saturated rings. The zero-order valence-corrected chi connectivity index (χ0v) is 17.4. The van der Waals surface area contributed by atoms with E-state index in [0.717, 1.165) is 0 Å². The van der Waals surface area contributed by atoms with Crippen LogP contribution in [0.5, 0.6) is 11.5 Å². The maximum Gasteiger partial charge on any atom is 0.255 e. The van der Waals surface area contributed by atoms with Gasteiger partial charge in [-0.25, -0.2) is 4.39 Å². The van der Waals surface area contributed by atoms with E-state index in [1.807, 2.05) is 0 Å². The van der Waals surface area contributed by atoms with Crippen molar-refractivity contribution in [2.24, 2.45) is 0 Å². The molecule has 2 N–H and O–H groups in total. The summed E-state index contributed by atoms with van der Waals surface area (Å²) < 4.78 is 30.3. The molecule has 2 aliphatic rings. The highest BCUT2D eigenvalue weighted by Gasteiger charge is 2.47. The highest BCUT2D eigenvalue weighted by Crippen LogP contribution is 2.31. The Hall–Kier alpha value is -2.68. The fraction of sp³-hybridized carbons (Fsp3) is 0.435. The van der Waals surface area contributed by atoms with Gasteiger partial charge in [0.05, 0.1) is 38.0 Å². The Morgan fingerprint density at radius 1 is 1.19 bits per heavy atom. The van der Waals surface area contributed by atoms with E-state index in [4.69, 9.17) is 14.2 Å². The molecular formula is C23H27FN2O5. The molecule has 4 atom stereocenters. The molecule has 31 heavy (non-hydrogen) atoms. The molecule has 1 amide bonds. The van der Waals surface area contributed by atoms with E-state index in [1.165, 1.54) is 19.2 Å². The molecule has 0 unspecified atom stereocenters. The minimum absolute atomic E-state index is 0.278. The van der Waals surface area contributed by atoms with Crippen molar-refractivity contribution in [1.29, 1.82) is 0 Å². The first-order chi connectivity index (χ1) is 15.1. The van der Waals surface area contributed by atoms with Gasteiger partial charge in [0, 0.05) is 25.6 Å². The van der Waals surface area contributed by atoms with Crippen LogP contribution < -0.4 is 14.8 Å². The van der Waals surface area contributed by atoms with Crippen LogP contribution in [0, 0.1) is 5.82 Å². The summed E-state index contributed by atoms with van der Waals surface area (Å²) in [6, 6.07) is 12.1. The van der Waals surface area contributed by atoms with E-state index in [9.17, 15) is 14.3 Å². The second-order valence-electron chi connectivity index (χ2n) is 7.76. The predicted octanol–water partition coefficient (Wildman–Crippen LogP) is 1.85. The summed E-state index contributed by atoms with van der Waals surface area (Å²) in [6.45, 7) is 2.42. The molecule has 2 aromatic rings. The number of nitrogens with zero attached hydrogens (tertiary/aromatic N) is 1. The maximum atomic E-state index is 13.6. The Morgan fingerprint density at radius 3 is 2.71 bits per heavy atom. The first kappa shape index (κ1) is 21.5. The molecule has 0 spiro atoms. The summed E-state index contributed by atoms with van der Waals surface area (Å²) >= 11 is 0. The van der Waals surface area contributed by atoms with Crippen molar-refractivity contribution < 1.29 is 28.5 Å². The molecule has 1 aliphatic heterocycles. The Kier molecular flexibility index (Phi) is 6.70. The van der Waals surface area contributed by atoms with Crippen LogP contribution in [0.2, 0.25) is 0 Å². The molecule has 4 rings (SSSR count). The SMILES string of the molecule is COc1ccccc1C(=O)N[C@@H]1C[C@@H](Oc2cccc(F)c2)[C@H](O)[C@H]1N1CCOCC1. The molecule has 1 heterocycles. The highest BCUT2D eigenvalue weighted by molar-refractivity contribution is 5.97. The van der Waals surface area contributed by atoms with E-state index >= 15 is 0 Å². The van der Waals surface area contributed by atoms with Crippen LogP contribution in [0.25, 0.3) is 0 Å². The molecule has 1 aliphatic carbocycles. The third kappa shape index (κ3) is 4.81. The lowest BCUT2D eigenvalue weighted by atomic mass is 10.1. The highest BCUT2D eigenvalue weighted by atomic mass is 19.1. The maximum absolute atomic E-state index is 13.6. The van der Waals surface area contributed by atoms with Crippen LogP contribution in [-0.4, -0.2) is 73.6 Å². The van der Waals surface area contributed by atoms with Gasteiger partial charge in [0.1, 0.15) is 29.5 Å². The van der Waals surface area contributed by atoms with Crippen molar-refractivity contribution >= 4 is 5.91 Å². The Bertz CT molecular complexity index is 905. The molecule has 0 radical (unpaired) electrons. The van der Waals surface area contributed by atoms with Gasteiger partial charge in [-0.1, -0.05) is 18.2 Å². The van der Waals surface area contributed by atoms with Crippen LogP contribution in [-0.2, 0) is 4.74 Å². The minimum Gasteiger partial charge on any atom is -0.496 e. The van der Waals surface area contributed by atoms with Gasteiger partial charge in [-0.05, 0) is 24.3 Å². The number of methoxy groups -OCH3 is 1. The number of nitrogens with one attached hydrogen (secondary N) is 1. The smallest absolute Gasteiger partial charge is 0.255 e. The summed E-state index contributed by atoms with van der Waals surface area (Å²) in [7, 11) is 1.52. The fourth-order valence-corrected chi connectivity index (χ4v) is 4.39. The van der Waals surface area contributed by atoms with Gasteiger partial charge < -0.3 is 24.6 Å². The molecule has 0 bridgehead atoms. The fourth-order valence-electron chi connectivity index (χ4n) is 4.39. The van der Waals surface area contributed by atoms with Crippen molar-refractivity contribution in [3.63, 3.8) is 0 Å². The van der Waals surface area contributed by atoms with Crippen LogP contribution in [0.15, 0.2) is 48.5 Å². The number of para-hydroxylation sites is 1. The number of carbonyl (C=O) groups is 1. The van der Waals surface area contributed by atoms with E-state index in [0.29, 0.717) is 49.8 Å².